The average molecular weight is 342 g/mol. The third-order valence-corrected chi connectivity index (χ3v) is 5.43. The van der Waals surface area contributed by atoms with Crippen LogP contribution in [0.3, 0.4) is 0 Å². The molecule has 8 heteroatoms. The molecule has 1 fully saturated rings. The number of carbonyl (C=O) groups is 1. The lowest BCUT2D eigenvalue weighted by Crippen LogP contribution is -2.39. The Morgan fingerprint density at radius 3 is 2.48 bits per heavy atom. The maximum absolute atomic E-state index is 11.9. The summed E-state index contributed by atoms with van der Waals surface area (Å²) in [7, 11) is -2.08. The van der Waals surface area contributed by atoms with E-state index < -0.39 is 21.2 Å². The van der Waals surface area contributed by atoms with E-state index in [2.05, 4.69) is 9.97 Å². The SMILES string of the molecule is COC(=O)C1(CO)CCC(c2nc(C)cc(S(C)(=O)=O)n2)CC1. The van der Waals surface area contributed by atoms with Gasteiger partial charge in [0, 0.05) is 17.9 Å². The van der Waals surface area contributed by atoms with Crippen molar-refractivity contribution in [1.82, 2.24) is 9.97 Å². The van der Waals surface area contributed by atoms with Gasteiger partial charge in [0.05, 0.1) is 19.1 Å². The van der Waals surface area contributed by atoms with Gasteiger partial charge in [-0.25, -0.2) is 18.4 Å². The minimum atomic E-state index is -3.40. The minimum absolute atomic E-state index is 0.0203. The van der Waals surface area contributed by atoms with Gasteiger partial charge in [0.15, 0.2) is 14.9 Å². The Morgan fingerprint density at radius 2 is 2.00 bits per heavy atom. The summed E-state index contributed by atoms with van der Waals surface area (Å²) in [6, 6.07) is 1.45. The summed E-state index contributed by atoms with van der Waals surface area (Å²) in [6.07, 6.45) is 3.25. The summed E-state index contributed by atoms with van der Waals surface area (Å²) in [6.45, 7) is 1.48. The van der Waals surface area contributed by atoms with E-state index in [9.17, 15) is 18.3 Å². The molecule has 7 nitrogen and oxygen atoms in total. The number of rotatable bonds is 4. The van der Waals surface area contributed by atoms with E-state index in [-0.39, 0.29) is 17.6 Å². The van der Waals surface area contributed by atoms with Crippen LogP contribution < -0.4 is 0 Å². The van der Waals surface area contributed by atoms with Crippen LogP contribution in [0.1, 0.15) is 43.1 Å². The zero-order valence-corrected chi connectivity index (χ0v) is 14.4. The van der Waals surface area contributed by atoms with Gasteiger partial charge in [0.1, 0.15) is 5.82 Å². The zero-order valence-electron chi connectivity index (χ0n) is 13.6. The zero-order chi connectivity index (χ0) is 17.3. The van der Waals surface area contributed by atoms with E-state index in [1.807, 2.05) is 0 Å². The molecule has 0 aliphatic heterocycles. The number of methoxy groups -OCH3 is 1. The van der Waals surface area contributed by atoms with Crippen LogP contribution in [0, 0.1) is 12.3 Å². The number of carbonyl (C=O) groups excluding carboxylic acids is 1. The summed E-state index contributed by atoms with van der Waals surface area (Å²) in [5.41, 5.74) is -0.267. The van der Waals surface area contributed by atoms with Crippen LogP contribution in [0.15, 0.2) is 11.1 Å². The molecule has 23 heavy (non-hydrogen) atoms. The summed E-state index contributed by atoms with van der Waals surface area (Å²) < 4.78 is 28.2. The van der Waals surface area contributed by atoms with Crippen LogP contribution in [0.2, 0.25) is 0 Å². The van der Waals surface area contributed by atoms with Gasteiger partial charge < -0.3 is 9.84 Å². The largest absolute Gasteiger partial charge is 0.469 e. The fourth-order valence-electron chi connectivity index (χ4n) is 3.01. The number of sulfone groups is 1. The van der Waals surface area contributed by atoms with Crippen molar-refractivity contribution in [2.75, 3.05) is 20.0 Å². The van der Waals surface area contributed by atoms with Gasteiger partial charge >= 0.3 is 5.97 Å². The van der Waals surface area contributed by atoms with Gasteiger partial charge in [0.25, 0.3) is 0 Å². The first kappa shape index (κ1) is 17.8. The Kier molecular flexibility index (Phi) is 5.05. The van der Waals surface area contributed by atoms with Crippen molar-refractivity contribution in [3.05, 3.63) is 17.6 Å². The first-order valence-corrected chi connectivity index (χ1v) is 9.36. The molecular weight excluding hydrogens is 320 g/mol. The Labute approximate surface area is 136 Å². The Bertz CT molecular complexity index is 694. The second kappa shape index (κ2) is 6.52. The molecule has 1 saturated carbocycles. The lowest BCUT2D eigenvalue weighted by atomic mass is 9.70. The quantitative estimate of drug-likeness (QED) is 0.642. The third-order valence-electron chi connectivity index (χ3n) is 4.46. The molecule has 128 valence electrons. The normalized spacial score (nSPS) is 25.1. The smallest absolute Gasteiger partial charge is 0.314 e. The monoisotopic (exact) mass is 342 g/mol. The topological polar surface area (TPSA) is 106 Å². The van der Waals surface area contributed by atoms with Crippen molar-refractivity contribution in [3.63, 3.8) is 0 Å². The fourth-order valence-corrected chi connectivity index (χ4v) is 3.65. The third kappa shape index (κ3) is 3.69. The van der Waals surface area contributed by atoms with E-state index >= 15 is 0 Å². The second-order valence-electron chi connectivity index (χ2n) is 6.18. The van der Waals surface area contributed by atoms with Gasteiger partial charge in [-0.05, 0) is 38.7 Å². The number of nitrogens with zero attached hydrogens (tertiary/aromatic N) is 2. The molecule has 1 aliphatic rings. The number of aliphatic hydroxyl groups excluding tert-OH is 1. The Morgan fingerprint density at radius 1 is 1.39 bits per heavy atom. The highest BCUT2D eigenvalue weighted by atomic mass is 32.2. The fraction of sp³-hybridized carbons (Fsp3) is 0.667. The number of aryl methyl sites for hydroxylation is 1. The summed E-state index contributed by atoms with van der Waals surface area (Å²) in [5.74, 6) is 0.0574. The molecule has 0 amide bonds. The van der Waals surface area contributed by atoms with Gasteiger partial charge in [-0.2, -0.15) is 0 Å². The van der Waals surface area contributed by atoms with Gasteiger partial charge in [0.2, 0.25) is 0 Å². The van der Waals surface area contributed by atoms with Crippen molar-refractivity contribution in [2.45, 2.75) is 43.6 Å². The van der Waals surface area contributed by atoms with E-state index in [1.165, 1.54) is 13.2 Å². The van der Waals surface area contributed by atoms with E-state index in [1.54, 1.807) is 6.92 Å². The maximum atomic E-state index is 11.9. The molecule has 0 radical (unpaired) electrons. The molecule has 0 saturated heterocycles. The highest BCUT2D eigenvalue weighted by Crippen LogP contribution is 2.42. The van der Waals surface area contributed by atoms with Crippen LogP contribution in [0.25, 0.3) is 0 Å². The summed E-state index contributed by atoms with van der Waals surface area (Å²) in [4.78, 5) is 20.5. The van der Waals surface area contributed by atoms with E-state index in [4.69, 9.17) is 4.74 Å². The molecular formula is C15H22N2O5S. The molecule has 0 bridgehead atoms. The molecule has 0 aromatic carbocycles. The standard InChI is InChI=1S/C15H22N2O5S/c1-10-8-12(23(3,20)21)17-13(16-10)11-4-6-15(9-18,7-5-11)14(19)22-2/h8,11,18H,4-7,9H2,1-3H3. The molecule has 1 aromatic rings. The van der Waals surface area contributed by atoms with Crippen LogP contribution in [-0.2, 0) is 19.4 Å². The Hall–Kier alpha value is -1.54. The van der Waals surface area contributed by atoms with Crippen LogP contribution in [0.5, 0.6) is 0 Å². The summed E-state index contributed by atoms with van der Waals surface area (Å²) >= 11 is 0. The highest BCUT2D eigenvalue weighted by Gasteiger charge is 2.43. The van der Waals surface area contributed by atoms with Gasteiger partial charge in [-0.1, -0.05) is 0 Å². The second-order valence-corrected chi connectivity index (χ2v) is 8.14. The average Bonchev–Trinajstić information content (AvgIpc) is 2.52. The Balaban J connectivity index is 2.24. The molecule has 1 aliphatic carbocycles. The lowest BCUT2D eigenvalue weighted by molar-refractivity contribution is -0.158. The number of ether oxygens (including phenoxy) is 1. The molecule has 0 unspecified atom stereocenters. The number of esters is 1. The van der Waals surface area contributed by atoms with E-state index in [0.29, 0.717) is 37.2 Å². The molecule has 1 aromatic heterocycles. The van der Waals surface area contributed by atoms with Crippen LogP contribution >= 0.6 is 0 Å². The highest BCUT2D eigenvalue weighted by molar-refractivity contribution is 7.90. The van der Waals surface area contributed by atoms with Crippen molar-refractivity contribution < 1.29 is 23.1 Å². The van der Waals surface area contributed by atoms with Crippen molar-refractivity contribution in [2.24, 2.45) is 5.41 Å². The number of aliphatic hydroxyl groups is 1. The van der Waals surface area contributed by atoms with Crippen molar-refractivity contribution in [3.8, 4) is 0 Å². The lowest BCUT2D eigenvalue weighted by Gasteiger charge is -2.35. The number of aromatic nitrogens is 2. The first-order chi connectivity index (χ1) is 10.7. The molecule has 0 atom stereocenters. The minimum Gasteiger partial charge on any atom is -0.469 e. The molecule has 1 N–H and O–H groups in total. The predicted octanol–water partition coefficient (Wildman–Crippen LogP) is 0.998. The molecule has 0 spiro atoms. The first-order valence-electron chi connectivity index (χ1n) is 7.47. The van der Waals surface area contributed by atoms with Crippen molar-refractivity contribution >= 4 is 15.8 Å². The predicted molar refractivity (Wildman–Crippen MR) is 82.6 cm³/mol. The van der Waals surface area contributed by atoms with Crippen LogP contribution in [0.4, 0.5) is 0 Å². The summed E-state index contributed by atoms with van der Waals surface area (Å²) in [5, 5.41) is 9.60. The van der Waals surface area contributed by atoms with E-state index in [0.717, 1.165) is 6.26 Å². The molecule has 1 heterocycles. The van der Waals surface area contributed by atoms with Crippen molar-refractivity contribution in [1.29, 1.82) is 0 Å². The van der Waals surface area contributed by atoms with Gasteiger partial charge in [-0.3, -0.25) is 4.79 Å². The number of hydrogen-bond acceptors (Lipinski definition) is 7. The van der Waals surface area contributed by atoms with Gasteiger partial charge in [-0.15, -0.1) is 0 Å². The van der Waals surface area contributed by atoms with Crippen LogP contribution in [-0.4, -0.2) is 49.4 Å². The molecule has 2 rings (SSSR count). The maximum Gasteiger partial charge on any atom is 0.314 e. The number of hydrogen-bond donors (Lipinski definition) is 1.